The molecule has 0 saturated heterocycles. The third-order valence-corrected chi connectivity index (χ3v) is 2.93. The molecule has 0 fully saturated rings. The van der Waals surface area contributed by atoms with Crippen LogP contribution in [-0.2, 0) is 0 Å². The molecular weight excluding hydrogens is 266 g/mol. The number of rotatable bonds is 6. The fourth-order valence-corrected chi connectivity index (χ4v) is 2.24. The Labute approximate surface area is 105 Å². The number of anilines is 1. The summed E-state index contributed by atoms with van der Waals surface area (Å²) in [4.78, 5) is 12.9. The lowest BCUT2D eigenvalue weighted by molar-refractivity contribution is 0.112. The first-order chi connectivity index (χ1) is 7.72. The van der Waals surface area contributed by atoms with Crippen LogP contribution in [0, 0.1) is 0 Å². The lowest BCUT2D eigenvalue weighted by atomic mass is 10.2. The summed E-state index contributed by atoms with van der Waals surface area (Å²) in [6.45, 7) is 7.69. The molecule has 3 heteroatoms. The maximum absolute atomic E-state index is 10.6. The van der Waals surface area contributed by atoms with Gasteiger partial charge in [0, 0.05) is 23.1 Å². The van der Waals surface area contributed by atoms with Crippen LogP contribution in [0.2, 0.25) is 0 Å². The number of carbonyl (C=O) groups excluding carboxylic acids is 1. The zero-order valence-electron chi connectivity index (χ0n) is 9.45. The topological polar surface area (TPSA) is 20.3 Å². The number of hydrogen-bond donors (Lipinski definition) is 0. The quantitative estimate of drug-likeness (QED) is 0.586. The molecule has 0 aliphatic rings. The lowest BCUT2D eigenvalue weighted by Crippen LogP contribution is -2.24. The summed E-state index contributed by atoms with van der Waals surface area (Å²) in [5.41, 5.74) is 1.79. The fourth-order valence-electron chi connectivity index (χ4n) is 1.59. The Morgan fingerprint density at radius 1 is 1.50 bits per heavy atom. The van der Waals surface area contributed by atoms with Crippen molar-refractivity contribution >= 4 is 27.9 Å². The fraction of sp³-hybridized carbons (Fsp3) is 0.308. The van der Waals surface area contributed by atoms with Crippen LogP contribution < -0.4 is 4.90 Å². The number of halogens is 1. The molecule has 86 valence electrons. The van der Waals surface area contributed by atoms with E-state index >= 15 is 0 Å². The van der Waals surface area contributed by atoms with Crippen molar-refractivity contribution in [2.24, 2.45) is 0 Å². The second-order valence-electron chi connectivity index (χ2n) is 3.56. The van der Waals surface area contributed by atoms with E-state index in [4.69, 9.17) is 0 Å². The van der Waals surface area contributed by atoms with E-state index in [2.05, 4.69) is 34.3 Å². The summed E-state index contributed by atoms with van der Waals surface area (Å²) in [5.74, 6) is 0. The van der Waals surface area contributed by atoms with Crippen LogP contribution in [0.3, 0.4) is 0 Å². The summed E-state index contributed by atoms with van der Waals surface area (Å²) >= 11 is 3.49. The second kappa shape index (κ2) is 6.48. The van der Waals surface area contributed by atoms with Crippen LogP contribution in [0.1, 0.15) is 23.7 Å². The highest BCUT2D eigenvalue weighted by molar-refractivity contribution is 9.10. The van der Waals surface area contributed by atoms with E-state index in [-0.39, 0.29) is 0 Å². The first-order valence-electron chi connectivity index (χ1n) is 5.33. The molecule has 0 atom stereocenters. The largest absolute Gasteiger partial charge is 0.367 e. The zero-order chi connectivity index (χ0) is 12.0. The molecule has 0 heterocycles. The molecule has 0 aliphatic heterocycles. The van der Waals surface area contributed by atoms with Crippen molar-refractivity contribution in [3.63, 3.8) is 0 Å². The van der Waals surface area contributed by atoms with E-state index < -0.39 is 0 Å². The smallest absolute Gasteiger partial charge is 0.150 e. The van der Waals surface area contributed by atoms with Crippen LogP contribution in [-0.4, -0.2) is 19.4 Å². The molecule has 2 nitrogen and oxygen atoms in total. The van der Waals surface area contributed by atoms with Gasteiger partial charge in [0.1, 0.15) is 6.29 Å². The maximum atomic E-state index is 10.6. The van der Waals surface area contributed by atoms with E-state index in [0.717, 1.165) is 36.0 Å². The molecule has 0 saturated carbocycles. The monoisotopic (exact) mass is 281 g/mol. The molecular formula is C13H16BrNO. The van der Waals surface area contributed by atoms with Crippen LogP contribution >= 0.6 is 15.9 Å². The van der Waals surface area contributed by atoms with E-state index in [1.807, 2.05) is 24.3 Å². The van der Waals surface area contributed by atoms with Crippen molar-refractivity contribution in [2.75, 3.05) is 18.0 Å². The molecule has 0 amide bonds. The van der Waals surface area contributed by atoms with Crippen molar-refractivity contribution in [2.45, 2.75) is 13.3 Å². The Morgan fingerprint density at radius 3 is 2.75 bits per heavy atom. The summed E-state index contributed by atoms with van der Waals surface area (Å²) < 4.78 is 0.951. The third kappa shape index (κ3) is 3.20. The Bertz CT molecular complexity index is 376. The van der Waals surface area contributed by atoms with Gasteiger partial charge in [0.15, 0.2) is 0 Å². The van der Waals surface area contributed by atoms with Crippen LogP contribution in [0.5, 0.6) is 0 Å². The molecule has 0 N–H and O–H groups in total. The molecule has 1 aromatic rings. The minimum atomic E-state index is 0.686. The van der Waals surface area contributed by atoms with Crippen molar-refractivity contribution in [1.29, 1.82) is 0 Å². The van der Waals surface area contributed by atoms with E-state index in [1.165, 1.54) is 0 Å². The standard InChI is InChI=1S/C13H16BrNO/c1-3-7-15(8-4-2)13-6-5-11(10-16)9-12(13)14/h3,5-6,9-10H,1,4,7-8H2,2H3. The van der Waals surface area contributed by atoms with E-state index in [9.17, 15) is 4.79 Å². The van der Waals surface area contributed by atoms with E-state index in [1.54, 1.807) is 0 Å². The Kier molecular flexibility index (Phi) is 5.26. The summed E-state index contributed by atoms with van der Waals surface area (Å²) in [5, 5.41) is 0. The van der Waals surface area contributed by atoms with E-state index in [0.29, 0.717) is 5.56 Å². The van der Waals surface area contributed by atoms with Crippen LogP contribution in [0.4, 0.5) is 5.69 Å². The van der Waals surface area contributed by atoms with Gasteiger partial charge in [-0.1, -0.05) is 13.0 Å². The van der Waals surface area contributed by atoms with Gasteiger partial charge in [-0.2, -0.15) is 0 Å². The molecule has 0 unspecified atom stereocenters. The molecule has 16 heavy (non-hydrogen) atoms. The molecule has 1 aromatic carbocycles. The van der Waals surface area contributed by atoms with Crippen molar-refractivity contribution in [3.05, 3.63) is 40.9 Å². The van der Waals surface area contributed by atoms with Gasteiger partial charge in [0.25, 0.3) is 0 Å². The zero-order valence-corrected chi connectivity index (χ0v) is 11.0. The molecule has 1 rings (SSSR count). The normalized spacial score (nSPS) is 9.88. The average Bonchev–Trinajstić information content (AvgIpc) is 2.29. The summed E-state index contributed by atoms with van der Waals surface area (Å²) in [7, 11) is 0. The minimum Gasteiger partial charge on any atom is -0.367 e. The van der Waals surface area contributed by atoms with Gasteiger partial charge in [0.05, 0.1) is 5.69 Å². The van der Waals surface area contributed by atoms with Gasteiger partial charge in [-0.05, 0) is 40.5 Å². The van der Waals surface area contributed by atoms with Crippen molar-refractivity contribution in [1.82, 2.24) is 0 Å². The Hall–Kier alpha value is -1.09. The number of nitrogens with zero attached hydrogens (tertiary/aromatic N) is 1. The highest BCUT2D eigenvalue weighted by Crippen LogP contribution is 2.27. The van der Waals surface area contributed by atoms with Crippen LogP contribution in [0.25, 0.3) is 0 Å². The third-order valence-electron chi connectivity index (χ3n) is 2.29. The van der Waals surface area contributed by atoms with Gasteiger partial charge in [-0.15, -0.1) is 6.58 Å². The lowest BCUT2D eigenvalue weighted by Gasteiger charge is -2.24. The summed E-state index contributed by atoms with van der Waals surface area (Å²) in [6, 6.07) is 5.64. The number of aldehydes is 1. The van der Waals surface area contributed by atoms with Gasteiger partial charge >= 0.3 is 0 Å². The molecule has 0 radical (unpaired) electrons. The van der Waals surface area contributed by atoms with Crippen molar-refractivity contribution < 1.29 is 4.79 Å². The SMILES string of the molecule is C=CCN(CCC)c1ccc(C=O)cc1Br. The minimum absolute atomic E-state index is 0.686. The molecule has 0 bridgehead atoms. The van der Waals surface area contributed by atoms with Gasteiger partial charge in [-0.25, -0.2) is 0 Å². The summed E-state index contributed by atoms with van der Waals surface area (Å²) in [6.07, 6.45) is 3.82. The molecule has 0 aromatic heterocycles. The number of carbonyl (C=O) groups is 1. The maximum Gasteiger partial charge on any atom is 0.150 e. The Balaban J connectivity index is 2.99. The average molecular weight is 282 g/mol. The molecule has 0 spiro atoms. The number of hydrogen-bond acceptors (Lipinski definition) is 2. The van der Waals surface area contributed by atoms with Gasteiger partial charge < -0.3 is 4.90 Å². The predicted molar refractivity (Wildman–Crippen MR) is 72.2 cm³/mol. The van der Waals surface area contributed by atoms with Crippen molar-refractivity contribution in [3.8, 4) is 0 Å². The van der Waals surface area contributed by atoms with Crippen LogP contribution in [0.15, 0.2) is 35.3 Å². The first kappa shape index (κ1) is 13.0. The van der Waals surface area contributed by atoms with Gasteiger partial charge in [-0.3, -0.25) is 4.79 Å². The highest BCUT2D eigenvalue weighted by atomic mass is 79.9. The first-order valence-corrected chi connectivity index (χ1v) is 6.12. The second-order valence-corrected chi connectivity index (χ2v) is 4.42. The predicted octanol–water partition coefficient (Wildman–Crippen LogP) is 3.66. The molecule has 0 aliphatic carbocycles. The highest BCUT2D eigenvalue weighted by Gasteiger charge is 2.08. The number of benzene rings is 1. The van der Waals surface area contributed by atoms with Gasteiger partial charge in [0.2, 0.25) is 0 Å². The Morgan fingerprint density at radius 2 is 2.25 bits per heavy atom.